The zero-order valence-corrected chi connectivity index (χ0v) is 7.95. The molecule has 0 amide bonds. The quantitative estimate of drug-likeness (QED) is 0.562. The van der Waals surface area contributed by atoms with Crippen LogP contribution in [-0.4, -0.2) is 43.2 Å². The van der Waals surface area contributed by atoms with E-state index in [4.69, 9.17) is 10.5 Å². The molecular formula is C9H16N2O2. The molecule has 2 saturated heterocycles. The molecule has 0 aromatic carbocycles. The largest absolute Gasteiger partial charge is 0.468 e. The minimum atomic E-state index is -0.707. The molecule has 2 bridgehead atoms. The normalized spacial score (nSPS) is 43.2. The summed E-state index contributed by atoms with van der Waals surface area (Å²) in [6.07, 6.45) is 1.77. The Balaban J connectivity index is 2.17. The van der Waals surface area contributed by atoms with Crippen LogP contribution in [0.2, 0.25) is 0 Å². The fourth-order valence-electron chi connectivity index (χ4n) is 2.46. The Labute approximate surface area is 78.0 Å². The van der Waals surface area contributed by atoms with Gasteiger partial charge in [-0.1, -0.05) is 0 Å². The van der Waals surface area contributed by atoms with Crippen LogP contribution in [0.5, 0.6) is 0 Å². The molecule has 0 saturated carbocycles. The van der Waals surface area contributed by atoms with Gasteiger partial charge in [0.15, 0.2) is 0 Å². The highest BCUT2D eigenvalue weighted by molar-refractivity contribution is 5.81. The molecule has 2 rings (SSSR count). The number of carbonyl (C=O) groups is 1. The number of hydrogen-bond donors (Lipinski definition) is 1. The molecule has 3 atom stereocenters. The van der Waals surface area contributed by atoms with Gasteiger partial charge in [-0.3, -0.25) is 4.79 Å². The van der Waals surface area contributed by atoms with Crippen molar-refractivity contribution in [2.45, 2.75) is 18.4 Å². The van der Waals surface area contributed by atoms with Crippen LogP contribution in [0.1, 0.15) is 12.8 Å². The Morgan fingerprint density at radius 3 is 3.08 bits per heavy atom. The van der Waals surface area contributed by atoms with E-state index in [1.165, 1.54) is 7.11 Å². The second-order valence-corrected chi connectivity index (χ2v) is 4.07. The molecule has 0 aromatic heterocycles. The number of fused-ring (bicyclic) bond motifs is 2. The van der Waals surface area contributed by atoms with Gasteiger partial charge >= 0.3 is 5.97 Å². The SMILES string of the molecule is COC(=O)C1(N)CCN2CCC1C2. The highest BCUT2D eigenvalue weighted by Crippen LogP contribution is 2.34. The topological polar surface area (TPSA) is 55.6 Å². The minimum absolute atomic E-state index is 0.237. The monoisotopic (exact) mass is 184 g/mol. The van der Waals surface area contributed by atoms with Crippen molar-refractivity contribution >= 4 is 5.97 Å². The molecular weight excluding hydrogens is 168 g/mol. The standard InChI is InChI=1S/C9H16N2O2/c1-13-8(12)9(10)3-5-11-4-2-7(9)6-11/h7H,2-6,10H2,1H3. The molecule has 0 aliphatic carbocycles. The molecule has 3 unspecified atom stereocenters. The molecule has 2 N–H and O–H groups in total. The van der Waals surface area contributed by atoms with Gasteiger partial charge in [-0.2, -0.15) is 0 Å². The summed E-state index contributed by atoms with van der Waals surface area (Å²) in [6, 6.07) is 0. The lowest BCUT2D eigenvalue weighted by Crippen LogP contribution is -2.59. The Bertz CT molecular complexity index is 232. The first-order chi connectivity index (χ1) is 6.16. The lowest BCUT2D eigenvalue weighted by Gasteiger charge is -2.37. The molecule has 2 fully saturated rings. The van der Waals surface area contributed by atoms with Crippen molar-refractivity contribution in [2.75, 3.05) is 26.7 Å². The minimum Gasteiger partial charge on any atom is -0.468 e. The molecule has 2 aliphatic heterocycles. The Hall–Kier alpha value is -0.610. The van der Waals surface area contributed by atoms with Gasteiger partial charge in [0.05, 0.1) is 7.11 Å². The van der Waals surface area contributed by atoms with Crippen molar-refractivity contribution in [1.82, 2.24) is 4.90 Å². The molecule has 13 heavy (non-hydrogen) atoms. The van der Waals surface area contributed by atoms with E-state index in [1.54, 1.807) is 0 Å². The molecule has 0 radical (unpaired) electrons. The summed E-state index contributed by atoms with van der Waals surface area (Å²) in [6.45, 7) is 2.98. The van der Waals surface area contributed by atoms with Crippen molar-refractivity contribution < 1.29 is 9.53 Å². The number of nitrogens with two attached hydrogens (primary N) is 1. The van der Waals surface area contributed by atoms with E-state index < -0.39 is 5.54 Å². The molecule has 0 spiro atoms. The number of nitrogens with zero attached hydrogens (tertiary/aromatic N) is 1. The van der Waals surface area contributed by atoms with Crippen LogP contribution in [0, 0.1) is 5.92 Å². The average molecular weight is 184 g/mol. The second kappa shape index (κ2) is 2.96. The van der Waals surface area contributed by atoms with E-state index in [1.807, 2.05) is 0 Å². The van der Waals surface area contributed by atoms with Crippen LogP contribution in [0.15, 0.2) is 0 Å². The number of methoxy groups -OCH3 is 1. The van der Waals surface area contributed by atoms with Crippen LogP contribution in [0.25, 0.3) is 0 Å². The maximum Gasteiger partial charge on any atom is 0.326 e. The maximum absolute atomic E-state index is 11.5. The Kier molecular flexibility index (Phi) is 2.04. The highest BCUT2D eigenvalue weighted by atomic mass is 16.5. The number of ether oxygens (including phenoxy) is 1. The number of rotatable bonds is 1. The van der Waals surface area contributed by atoms with Crippen LogP contribution in [-0.2, 0) is 9.53 Å². The van der Waals surface area contributed by atoms with Gasteiger partial charge in [0.25, 0.3) is 0 Å². The summed E-state index contributed by atoms with van der Waals surface area (Å²) >= 11 is 0. The number of piperidine rings is 1. The van der Waals surface area contributed by atoms with Gasteiger partial charge < -0.3 is 15.4 Å². The van der Waals surface area contributed by atoms with E-state index in [2.05, 4.69) is 4.90 Å². The van der Waals surface area contributed by atoms with Gasteiger partial charge in [-0.05, 0) is 19.4 Å². The first-order valence-corrected chi connectivity index (χ1v) is 4.76. The zero-order valence-electron chi connectivity index (χ0n) is 7.95. The Morgan fingerprint density at radius 2 is 2.38 bits per heavy atom. The van der Waals surface area contributed by atoms with Crippen molar-refractivity contribution in [2.24, 2.45) is 11.7 Å². The van der Waals surface area contributed by atoms with Gasteiger partial charge in [-0.15, -0.1) is 0 Å². The summed E-state index contributed by atoms with van der Waals surface area (Å²) < 4.78 is 4.76. The van der Waals surface area contributed by atoms with Crippen molar-refractivity contribution in [3.63, 3.8) is 0 Å². The van der Waals surface area contributed by atoms with Crippen LogP contribution >= 0.6 is 0 Å². The molecule has 2 heterocycles. The van der Waals surface area contributed by atoms with E-state index in [-0.39, 0.29) is 5.97 Å². The zero-order chi connectivity index (χ0) is 9.47. The third kappa shape index (κ3) is 1.25. The van der Waals surface area contributed by atoms with Crippen LogP contribution < -0.4 is 5.73 Å². The predicted octanol–water partition coefficient (Wildman–Crippen LogP) is -0.417. The van der Waals surface area contributed by atoms with Gasteiger partial charge in [0, 0.05) is 19.0 Å². The van der Waals surface area contributed by atoms with Crippen LogP contribution in [0.4, 0.5) is 0 Å². The van der Waals surface area contributed by atoms with E-state index in [0.29, 0.717) is 5.92 Å². The van der Waals surface area contributed by atoms with E-state index in [9.17, 15) is 4.79 Å². The van der Waals surface area contributed by atoms with Crippen LogP contribution in [0.3, 0.4) is 0 Å². The molecule has 2 aliphatic rings. The number of hydrogen-bond acceptors (Lipinski definition) is 4. The lowest BCUT2D eigenvalue weighted by molar-refractivity contribution is -0.150. The fourth-order valence-corrected chi connectivity index (χ4v) is 2.46. The Morgan fingerprint density at radius 1 is 1.62 bits per heavy atom. The van der Waals surface area contributed by atoms with Crippen molar-refractivity contribution in [1.29, 1.82) is 0 Å². The van der Waals surface area contributed by atoms with Crippen molar-refractivity contribution in [3.8, 4) is 0 Å². The first-order valence-electron chi connectivity index (χ1n) is 4.76. The molecule has 4 heteroatoms. The lowest BCUT2D eigenvalue weighted by atomic mass is 9.80. The molecule has 74 valence electrons. The molecule has 4 nitrogen and oxygen atoms in total. The fraction of sp³-hybridized carbons (Fsp3) is 0.889. The maximum atomic E-state index is 11.5. The summed E-state index contributed by atoms with van der Waals surface area (Å²) in [7, 11) is 1.41. The van der Waals surface area contributed by atoms with Gasteiger partial charge in [0.2, 0.25) is 0 Å². The first kappa shape index (κ1) is 8.97. The summed E-state index contributed by atoms with van der Waals surface area (Å²) in [5, 5.41) is 0. The second-order valence-electron chi connectivity index (χ2n) is 4.07. The summed E-state index contributed by atoms with van der Waals surface area (Å²) in [4.78, 5) is 13.9. The predicted molar refractivity (Wildman–Crippen MR) is 48.1 cm³/mol. The number of carbonyl (C=O) groups excluding carboxylic acids is 1. The van der Waals surface area contributed by atoms with Crippen molar-refractivity contribution in [3.05, 3.63) is 0 Å². The smallest absolute Gasteiger partial charge is 0.326 e. The summed E-state index contributed by atoms with van der Waals surface area (Å²) in [5.41, 5.74) is 5.39. The third-order valence-electron chi connectivity index (χ3n) is 3.41. The number of esters is 1. The highest BCUT2D eigenvalue weighted by Gasteiger charge is 2.49. The summed E-state index contributed by atoms with van der Waals surface area (Å²) in [5.74, 6) is 0.0627. The third-order valence-corrected chi connectivity index (χ3v) is 3.41. The average Bonchev–Trinajstić information content (AvgIpc) is 2.56. The van der Waals surface area contributed by atoms with E-state index >= 15 is 0 Å². The van der Waals surface area contributed by atoms with Gasteiger partial charge in [-0.25, -0.2) is 0 Å². The van der Waals surface area contributed by atoms with E-state index in [0.717, 1.165) is 32.5 Å². The molecule has 0 aromatic rings. The van der Waals surface area contributed by atoms with Gasteiger partial charge in [0.1, 0.15) is 5.54 Å².